The molecule has 0 aromatic heterocycles. The van der Waals surface area contributed by atoms with Gasteiger partial charge in [-0.15, -0.1) is 0 Å². The number of unbranched alkanes of at least 4 members (excludes halogenated alkanes) is 14. The van der Waals surface area contributed by atoms with Crippen LogP contribution >= 0.6 is 7.82 Å². The maximum atomic E-state index is 14.2. The lowest BCUT2D eigenvalue weighted by atomic mass is 9.83. The lowest BCUT2D eigenvalue weighted by Gasteiger charge is -2.40. The van der Waals surface area contributed by atoms with E-state index in [1.54, 1.807) is 20.8 Å². The average Bonchev–Trinajstić information content (AvgIpc) is 1.85. The Morgan fingerprint density at radius 1 is 0.400 bits per heavy atom. The fourth-order valence-electron chi connectivity index (χ4n) is 14.5. The number of aliphatic hydroxyl groups excluding tert-OH is 10. The largest absolute Gasteiger partial charge is 0.469 e. The first-order valence-corrected chi connectivity index (χ1v) is 43.8. The number of hydrogen-bond acceptors (Lipinski definition) is 29. The topological polar surface area (TPSA) is 516 Å². The van der Waals surface area contributed by atoms with Crippen molar-refractivity contribution in [2.24, 2.45) is 23.2 Å². The predicted molar refractivity (Wildman–Crippen MR) is 416 cm³/mol. The number of phosphoric acid groups is 1. The minimum Gasteiger partial charge on any atom is -0.394 e. The molecule has 0 radical (unpaired) electrons. The molecule has 34 nitrogen and oxygen atoms in total. The van der Waals surface area contributed by atoms with Crippen LogP contribution in [0.5, 0.6) is 0 Å². The highest BCUT2D eigenvalue weighted by Crippen LogP contribution is 2.38. The zero-order valence-electron chi connectivity index (χ0n) is 68.4. The van der Waals surface area contributed by atoms with E-state index in [2.05, 4.69) is 15.2 Å². The molecule has 4 fully saturated rings. The summed E-state index contributed by atoms with van der Waals surface area (Å²) in [6.07, 6.45) is 3.28. The molecule has 3 amide bonds. The zero-order valence-corrected chi connectivity index (χ0v) is 69.3. The zero-order chi connectivity index (χ0) is 84.6. The maximum Gasteiger partial charge on any atom is 0.469 e. The molecule has 0 aromatic carbocycles. The molecule has 4 saturated heterocycles. The van der Waals surface area contributed by atoms with Gasteiger partial charge >= 0.3 is 7.82 Å². The van der Waals surface area contributed by atoms with Gasteiger partial charge in [-0.1, -0.05) is 72.1 Å². The van der Waals surface area contributed by atoms with Gasteiger partial charge in [0.15, 0.2) is 18.9 Å². The number of hydrogen-bond donors (Lipinski definition) is 14. The van der Waals surface area contributed by atoms with Crippen LogP contribution < -0.4 is 10.6 Å². The summed E-state index contributed by atoms with van der Waals surface area (Å²) < 4.78 is 68.6. The summed E-state index contributed by atoms with van der Waals surface area (Å²) in [6, 6.07) is -0.628. The monoisotopic (exact) mass is 1670 g/mol. The SMILES string of the molecule is CC1C(OCCCCC(=O)CCCCCC(=O)CCOCC(COCCC(=O)CCCCCC(=O)CCCCOC2OC(CO)C(O)C(O)C2C)(COCCC(=O)NCCCNC(=O)CCCCOC2OC(CO)C(O)C(O)C2C)CC(=O)CCCCCCCCCCC(=O)N2C[C@H](O)C[C@H]2COP(=O)(O)O)OC(CO)C(O)C1O. The number of carbonyl (C=O) groups excluding carboxylic acids is 8. The number of aliphatic hydroxyl groups is 10. The highest BCUT2D eigenvalue weighted by molar-refractivity contribution is 7.46. The summed E-state index contributed by atoms with van der Waals surface area (Å²) in [5, 5.41) is 106. The molecule has 4 aliphatic rings. The second-order valence-corrected chi connectivity index (χ2v) is 33.1. The van der Waals surface area contributed by atoms with Gasteiger partial charge < -0.3 is 119 Å². The lowest BCUT2D eigenvalue weighted by molar-refractivity contribution is -0.282. The third-order valence-corrected chi connectivity index (χ3v) is 22.3. The summed E-state index contributed by atoms with van der Waals surface area (Å²) in [7, 11) is -4.74. The quantitative estimate of drug-likeness (QED) is 0.0305. The average molecular weight is 1670 g/mol. The number of ketones is 5. The molecule has 4 aliphatic heterocycles. The Kier molecular flexibility index (Phi) is 53.0. The van der Waals surface area contributed by atoms with Crippen molar-refractivity contribution in [3.8, 4) is 0 Å². The normalized spacial score (nSPS) is 26.4. The third-order valence-electron chi connectivity index (χ3n) is 21.8. The first kappa shape index (κ1) is 103. The van der Waals surface area contributed by atoms with Crippen LogP contribution in [0.2, 0.25) is 0 Å². The number of likely N-dealkylation sites (tertiary alicyclic amines) is 1. The van der Waals surface area contributed by atoms with Crippen LogP contribution in [0.4, 0.5) is 0 Å². The van der Waals surface area contributed by atoms with E-state index in [4.69, 9.17) is 52.4 Å². The second kappa shape index (κ2) is 59.0. The van der Waals surface area contributed by atoms with Crippen LogP contribution in [0.25, 0.3) is 0 Å². The van der Waals surface area contributed by atoms with Gasteiger partial charge in [-0.3, -0.25) is 42.9 Å². The van der Waals surface area contributed by atoms with Crippen molar-refractivity contribution in [3.63, 3.8) is 0 Å². The van der Waals surface area contributed by atoms with Crippen molar-refractivity contribution < 1.29 is 151 Å². The van der Waals surface area contributed by atoms with Crippen molar-refractivity contribution in [1.82, 2.24) is 15.5 Å². The highest BCUT2D eigenvalue weighted by Gasteiger charge is 2.45. The molecule has 0 saturated carbocycles. The first-order chi connectivity index (χ1) is 55.0. The maximum absolute atomic E-state index is 14.2. The number of amides is 3. The Morgan fingerprint density at radius 3 is 1.10 bits per heavy atom. The smallest absolute Gasteiger partial charge is 0.394 e. The van der Waals surface area contributed by atoms with Gasteiger partial charge in [0.25, 0.3) is 0 Å². The van der Waals surface area contributed by atoms with Gasteiger partial charge in [0.1, 0.15) is 65.5 Å². The van der Waals surface area contributed by atoms with E-state index in [1.807, 2.05) is 0 Å². The molecule has 17 atom stereocenters. The van der Waals surface area contributed by atoms with Crippen LogP contribution in [0, 0.1) is 23.2 Å². The number of nitrogens with zero attached hydrogens (tertiary/aromatic N) is 1. The van der Waals surface area contributed by atoms with Crippen LogP contribution in [0.15, 0.2) is 0 Å². The minimum atomic E-state index is -4.74. The third kappa shape index (κ3) is 42.5. The molecule has 0 bridgehead atoms. The van der Waals surface area contributed by atoms with Crippen molar-refractivity contribution in [2.45, 2.75) is 331 Å². The van der Waals surface area contributed by atoms with Gasteiger partial charge in [0.05, 0.1) is 96.5 Å². The molecule has 0 spiro atoms. The Hall–Kier alpha value is -3.89. The summed E-state index contributed by atoms with van der Waals surface area (Å²) in [4.78, 5) is 124. The Morgan fingerprint density at radius 2 is 0.722 bits per heavy atom. The summed E-state index contributed by atoms with van der Waals surface area (Å²) in [5.41, 5.74) is -1.11. The standard InChI is InChI=1S/C80H142N3O31P/c1-55-71(96)74(99)65(48-84)112-77(55)108-39-21-18-29-59(87)25-13-10-15-27-61(89)34-42-105-52-80(46-63(91)31-12-8-6-4-5-7-9-17-33-70(95)83-47-64(92)45-58(83)51-111-115(102,103)104,53-106-43-35-62(90)28-16-11-14-26-60(88)30-19-22-40-109-78-56(2)72(97)75(100)66(49-85)113-78)54-107-44-36-69(94)82-38-24-37-81-68(93)32-20-23-41-110-79-57(3)73(98)76(101)67(50-86)114-79/h55-58,64-67,71-79,84-86,92,96-101H,4-54H2,1-3H3,(H,81,93)(H,82,94)(H2,102,103,104)/t55?,56?,57?,58-,64+,65?,66?,67?,71?,72?,73?,74?,75?,76?,77?,78?,79?,80?/m0/s1. The van der Waals surface area contributed by atoms with Crippen LogP contribution in [0.1, 0.15) is 245 Å². The van der Waals surface area contributed by atoms with Gasteiger partial charge in [-0.25, -0.2) is 4.57 Å². The van der Waals surface area contributed by atoms with Crippen LogP contribution in [0.3, 0.4) is 0 Å². The van der Waals surface area contributed by atoms with Crippen molar-refractivity contribution >= 4 is 54.5 Å². The fraction of sp³-hybridized carbons (Fsp3) is 0.900. The van der Waals surface area contributed by atoms with Gasteiger partial charge in [0.2, 0.25) is 17.7 Å². The Labute approximate surface area is 678 Å². The predicted octanol–water partition coefficient (Wildman–Crippen LogP) is 3.71. The number of nitrogens with one attached hydrogen (secondary N) is 2. The van der Waals surface area contributed by atoms with E-state index in [0.717, 1.165) is 38.5 Å². The van der Waals surface area contributed by atoms with E-state index < -0.39 is 137 Å². The summed E-state index contributed by atoms with van der Waals surface area (Å²) in [5.74, 6) is -2.30. The van der Waals surface area contributed by atoms with Crippen LogP contribution in [-0.4, -0.2) is 304 Å². The van der Waals surface area contributed by atoms with Crippen molar-refractivity contribution in [1.29, 1.82) is 0 Å². The van der Waals surface area contributed by atoms with Gasteiger partial charge in [0, 0.05) is 146 Å². The summed E-state index contributed by atoms with van der Waals surface area (Å²) >= 11 is 0. The molecule has 15 unspecified atom stereocenters. The molecule has 0 aromatic rings. The first-order valence-electron chi connectivity index (χ1n) is 42.3. The van der Waals surface area contributed by atoms with Crippen LogP contribution in [-0.2, 0) is 90.1 Å². The van der Waals surface area contributed by atoms with E-state index in [1.165, 1.54) is 4.90 Å². The number of carbonyl (C=O) groups is 8. The number of ether oxygens (including phenoxy) is 9. The minimum absolute atomic E-state index is 0.0189. The van der Waals surface area contributed by atoms with E-state index in [9.17, 15) is 94.0 Å². The van der Waals surface area contributed by atoms with Crippen molar-refractivity contribution in [2.75, 3.05) is 106 Å². The Bertz CT molecular complexity index is 2570. The second-order valence-electron chi connectivity index (χ2n) is 31.8. The molecular formula is C80H142N3O31P. The Balaban J connectivity index is 1.28. The van der Waals surface area contributed by atoms with Gasteiger partial charge in [-0.2, -0.15) is 0 Å². The van der Waals surface area contributed by atoms with E-state index in [-0.39, 0.29) is 190 Å². The number of phosphoric ester groups is 1. The fourth-order valence-corrected chi connectivity index (χ4v) is 14.8. The van der Waals surface area contributed by atoms with Crippen molar-refractivity contribution in [3.05, 3.63) is 0 Å². The summed E-state index contributed by atoms with van der Waals surface area (Å²) in [6.45, 7) is 4.41. The van der Waals surface area contributed by atoms with E-state index in [0.29, 0.717) is 129 Å². The molecular weight excluding hydrogens is 1530 g/mol. The molecule has 14 N–H and O–H groups in total. The number of Topliss-reactive ketones (excluding diaryl/α,β-unsaturated/α-hetero) is 5. The lowest BCUT2D eigenvalue weighted by Crippen LogP contribution is -2.55. The molecule has 0 aliphatic carbocycles. The molecule has 115 heavy (non-hydrogen) atoms. The number of rotatable bonds is 68. The molecule has 35 heteroatoms. The molecule has 4 rings (SSSR count). The van der Waals surface area contributed by atoms with E-state index >= 15 is 0 Å². The number of β-amino-alcohol motifs (C(OH)–C–C–N with tert-alkyl or cyclic N) is 1. The highest BCUT2D eigenvalue weighted by atomic mass is 31.2. The molecule has 668 valence electrons. The molecule has 4 heterocycles. The van der Waals surface area contributed by atoms with Gasteiger partial charge in [-0.05, 0) is 89.9 Å².